The number of amides is 1. The number of hydrogen-bond acceptors (Lipinski definition) is 5. The Kier molecular flexibility index (Phi) is 5.92. The minimum Gasteiger partial charge on any atom is -0.481 e. The van der Waals surface area contributed by atoms with Crippen molar-refractivity contribution in [2.75, 3.05) is 18.1 Å². The SMILES string of the molecule is O=C(O)CCCN1C(=O)/C(=C/C2CCSCC2)SC1=S. The van der Waals surface area contributed by atoms with Crippen LogP contribution in [0.2, 0.25) is 0 Å². The average molecular weight is 331 g/mol. The summed E-state index contributed by atoms with van der Waals surface area (Å²) < 4.78 is 0.553. The highest BCUT2D eigenvalue weighted by molar-refractivity contribution is 8.26. The summed E-state index contributed by atoms with van der Waals surface area (Å²) in [7, 11) is 0. The van der Waals surface area contributed by atoms with Crippen molar-refractivity contribution < 1.29 is 14.7 Å². The van der Waals surface area contributed by atoms with E-state index in [-0.39, 0.29) is 12.3 Å². The van der Waals surface area contributed by atoms with E-state index in [9.17, 15) is 9.59 Å². The predicted octanol–water partition coefficient (Wildman–Crippen LogP) is 2.74. The first-order valence-electron chi connectivity index (χ1n) is 6.63. The van der Waals surface area contributed by atoms with Crippen molar-refractivity contribution in [3.63, 3.8) is 0 Å². The number of rotatable bonds is 5. The molecule has 0 aromatic rings. The molecule has 1 N–H and O–H groups in total. The number of hydrogen-bond donors (Lipinski definition) is 1. The van der Waals surface area contributed by atoms with E-state index < -0.39 is 5.97 Å². The highest BCUT2D eigenvalue weighted by Crippen LogP contribution is 2.34. The summed E-state index contributed by atoms with van der Waals surface area (Å²) in [6.45, 7) is 0.398. The van der Waals surface area contributed by atoms with Crippen molar-refractivity contribution in [3.05, 3.63) is 11.0 Å². The number of thioether (sulfide) groups is 2. The lowest BCUT2D eigenvalue weighted by Crippen LogP contribution is -2.29. The molecule has 2 saturated heterocycles. The Balaban J connectivity index is 1.93. The smallest absolute Gasteiger partial charge is 0.303 e. The highest BCUT2D eigenvalue weighted by atomic mass is 32.2. The lowest BCUT2D eigenvalue weighted by Gasteiger charge is -2.18. The molecule has 1 amide bonds. The summed E-state index contributed by atoms with van der Waals surface area (Å²) in [5.74, 6) is 1.89. The van der Waals surface area contributed by atoms with Crippen molar-refractivity contribution in [1.29, 1.82) is 0 Å². The first-order valence-corrected chi connectivity index (χ1v) is 9.01. The Bertz CT molecular complexity index is 444. The molecule has 0 unspecified atom stereocenters. The summed E-state index contributed by atoms with van der Waals surface area (Å²) in [5.41, 5.74) is 0. The fraction of sp³-hybridized carbons (Fsp3) is 0.615. The Morgan fingerprint density at radius 2 is 2.15 bits per heavy atom. The molecule has 2 aliphatic heterocycles. The van der Waals surface area contributed by atoms with Gasteiger partial charge in [-0.25, -0.2) is 0 Å². The molecule has 2 heterocycles. The predicted molar refractivity (Wildman–Crippen MR) is 86.9 cm³/mol. The van der Waals surface area contributed by atoms with Crippen molar-refractivity contribution in [2.24, 2.45) is 5.92 Å². The number of carbonyl (C=O) groups is 2. The van der Waals surface area contributed by atoms with Crippen LogP contribution in [0.1, 0.15) is 25.7 Å². The van der Waals surface area contributed by atoms with E-state index in [2.05, 4.69) is 6.08 Å². The van der Waals surface area contributed by atoms with Gasteiger partial charge in [0.15, 0.2) is 0 Å². The molecule has 2 aliphatic rings. The molecule has 0 radical (unpaired) electrons. The number of allylic oxidation sites excluding steroid dienone is 1. The van der Waals surface area contributed by atoms with E-state index in [1.807, 2.05) is 11.8 Å². The Labute approximate surface area is 132 Å². The van der Waals surface area contributed by atoms with Crippen molar-refractivity contribution in [3.8, 4) is 0 Å². The molecular formula is C13H17NO3S3. The molecule has 7 heteroatoms. The van der Waals surface area contributed by atoms with Crippen LogP contribution in [0.4, 0.5) is 0 Å². The molecule has 0 atom stereocenters. The molecule has 0 saturated carbocycles. The van der Waals surface area contributed by atoms with Crippen LogP contribution in [0.15, 0.2) is 11.0 Å². The van der Waals surface area contributed by atoms with Crippen LogP contribution >= 0.6 is 35.7 Å². The number of carboxylic acid groups (broad SMARTS) is 1. The molecule has 2 rings (SSSR count). The first-order chi connectivity index (χ1) is 9.58. The minimum absolute atomic E-state index is 0.0522. The summed E-state index contributed by atoms with van der Waals surface area (Å²) in [5, 5.41) is 8.63. The van der Waals surface area contributed by atoms with E-state index in [0.717, 1.165) is 29.3 Å². The maximum Gasteiger partial charge on any atom is 0.303 e. The van der Waals surface area contributed by atoms with Crippen LogP contribution in [0, 0.1) is 5.92 Å². The van der Waals surface area contributed by atoms with Crippen LogP contribution in [-0.2, 0) is 9.59 Å². The standard InChI is InChI=1S/C13H17NO3S3/c15-11(16)2-1-5-14-12(17)10(20-13(14)18)8-9-3-6-19-7-4-9/h8-9H,1-7H2,(H,15,16)/b10-8-. The second-order valence-corrected chi connectivity index (χ2v) is 7.70. The number of nitrogens with zero attached hydrogens (tertiary/aromatic N) is 1. The van der Waals surface area contributed by atoms with Gasteiger partial charge in [0.2, 0.25) is 0 Å². The first kappa shape index (κ1) is 15.9. The quantitative estimate of drug-likeness (QED) is 0.617. The molecule has 0 spiro atoms. The molecule has 2 fully saturated rings. The fourth-order valence-electron chi connectivity index (χ4n) is 2.19. The largest absolute Gasteiger partial charge is 0.481 e. The highest BCUT2D eigenvalue weighted by Gasteiger charge is 2.32. The molecule has 20 heavy (non-hydrogen) atoms. The zero-order valence-corrected chi connectivity index (χ0v) is 13.5. The normalized spacial score (nSPS) is 22.8. The van der Waals surface area contributed by atoms with Gasteiger partial charge in [0.25, 0.3) is 5.91 Å². The van der Waals surface area contributed by atoms with Gasteiger partial charge in [-0.2, -0.15) is 11.8 Å². The van der Waals surface area contributed by atoms with Gasteiger partial charge in [0, 0.05) is 13.0 Å². The molecule has 4 nitrogen and oxygen atoms in total. The van der Waals surface area contributed by atoms with E-state index in [0.29, 0.717) is 23.2 Å². The summed E-state index contributed by atoms with van der Waals surface area (Å²) >= 11 is 8.53. The Hall–Kier alpha value is -0.530. The average Bonchev–Trinajstić information content (AvgIpc) is 2.67. The van der Waals surface area contributed by atoms with Crippen molar-refractivity contribution in [2.45, 2.75) is 25.7 Å². The van der Waals surface area contributed by atoms with Crippen molar-refractivity contribution >= 4 is 51.9 Å². The maximum atomic E-state index is 12.3. The van der Waals surface area contributed by atoms with Gasteiger partial charge in [-0.1, -0.05) is 30.1 Å². The van der Waals surface area contributed by atoms with Crippen LogP contribution in [0.5, 0.6) is 0 Å². The number of carbonyl (C=O) groups excluding carboxylic acids is 1. The fourth-order valence-corrected chi connectivity index (χ4v) is 4.71. The molecule has 0 bridgehead atoms. The summed E-state index contributed by atoms with van der Waals surface area (Å²) in [6.07, 6.45) is 4.81. The van der Waals surface area contributed by atoms with Crippen LogP contribution in [0.25, 0.3) is 0 Å². The monoisotopic (exact) mass is 331 g/mol. The van der Waals surface area contributed by atoms with E-state index in [1.165, 1.54) is 16.7 Å². The van der Waals surface area contributed by atoms with Gasteiger partial charge in [-0.3, -0.25) is 14.5 Å². The molecule has 0 aromatic heterocycles. The minimum atomic E-state index is -0.842. The van der Waals surface area contributed by atoms with Crippen LogP contribution in [-0.4, -0.2) is 44.3 Å². The van der Waals surface area contributed by atoms with Crippen LogP contribution in [0.3, 0.4) is 0 Å². The third kappa shape index (κ3) is 4.23. The zero-order chi connectivity index (χ0) is 14.5. The van der Waals surface area contributed by atoms with Gasteiger partial charge >= 0.3 is 5.97 Å². The number of aliphatic carboxylic acids is 1. The number of thiocarbonyl (C=S) groups is 1. The Morgan fingerprint density at radius 3 is 2.80 bits per heavy atom. The second-order valence-electron chi connectivity index (χ2n) is 4.80. The van der Waals surface area contributed by atoms with Crippen molar-refractivity contribution in [1.82, 2.24) is 4.90 Å². The van der Waals surface area contributed by atoms with Gasteiger partial charge in [-0.05, 0) is 36.7 Å². The summed E-state index contributed by atoms with van der Waals surface area (Å²) in [6, 6.07) is 0. The van der Waals surface area contributed by atoms with Gasteiger partial charge < -0.3 is 5.11 Å². The van der Waals surface area contributed by atoms with E-state index >= 15 is 0 Å². The Morgan fingerprint density at radius 1 is 1.45 bits per heavy atom. The van der Waals surface area contributed by atoms with Crippen LogP contribution < -0.4 is 0 Å². The zero-order valence-electron chi connectivity index (χ0n) is 11.0. The molecule has 0 aliphatic carbocycles. The number of carboxylic acids is 1. The summed E-state index contributed by atoms with van der Waals surface area (Å²) in [4.78, 5) is 25.0. The third-order valence-corrected chi connectivity index (χ3v) is 5.74. The molecular weight excluding hydrogens is 314 g/mol. The topological polar surface area (TPSA) is 57.6 Å². The maximum absolute atomic E-state index is 12.3. The van der Waals surface area contributed by atoms with Gasteiger partial charge in [-0.15, -0.1) is 0 Å². The molecule has 0 aromatic carbocycles. The van der Waals surface area contributed by atoms with E-state index in [1.54, 1.807) is 0 Å². The van der Waals surface area contributed by atoms with Gasteiger partial charge in [0.05, 0.1) is 4.91 Å². The second kappa shape index (κ2) is 7.47. The van der Waals surface area contributed by atoms with E-state index in [4.69, 9.17) is 17.3 Å². The molecule has 110 valence electrons. The third-order valence-electron chi connectivity index (χ3n) is 3.30. The lowest BCUT2D eigenvalue weighted by atomic mass is 10.0. The van der Waals surface area contributed by atoms with Gasteiger partial charge in [0.1, 0.15) is 4.32 Å². The lowest BCUT2D eigenvalue weighted by molar-refractivity contribution is -0.137.